The van der Waals surface area contributed by atoms with Gasteiger partial charge < -0.3 is 5.73 Å². The molecule has 0 radical (unpaired) electrons. The summed E-state index contributed by atoms with van der Waals surface area (Å²) in [4.78, 5) is 0. The number of nitrogens with two attached hydrogens (primary N) is 1. The quantitative estimate of drug-likeness (QED) is 0.846. The molecular weight excluding hydrogens is 206 g/mol. The maximum atomic E-state index is 5.88. The van der Waals surface area contributed by atoms with Gasteiger partial charge in [0.1, 0.15) is 0 Å². The maximum Gasteiger partial charge on any atom is -0.00461 e. The summed E-state index contributed by atoms with van der Waals surface area (Å²) in [5, 5.41) is 0. The van der Waals surface area contributed by atoms with Crippen LogP contribution in [-0.4, -0.2) is 6.54 Å². The van der Waals surface area contributed by atoms with Crippen LogP contribution in [0.5, 0.6) is 0 Å². The number of benzene rings is 1. The normalized spacial score (nSPS) is 24.2. The summed E-state index contributed by atoms with van der Waals surface area (Å²) in [7, 11) is 0. The monoisotopic (exact) mass is 231 g/mol. The van der Waals surface area contributed by atoms with E-state index >= 15 is 0 Å². The summed E-state index contributed by atoms with van der Waals surface area (Å²) in [6.45, 7) is 7.56. The van der Waals surface area contributed by atoms with Crippen molar-refractivity contribution in [3.63, 3.8) is 0 Å². The van der Waals surface area contributed by atoms with E-state index in [1.165, 1.54) is 42.4 Å². The summed E-state index contributed by atoms with van der Waals surface area (Å²) >= 11 is 0. The first-order chi connectivity index (χ1) is 8.11. The topological polar surface area (TPSA) is 26.0 Å². The SMILES string of the molecule is Cc1cc(C)c(CC2CCCC2CN)c(C)c1. The average Bonchev–Trinajstić information content (AvgIpc) is 2.70. The highest BCUT2D eigenvalue weighted by atomic mass is 14.6. The smallest absolute Gasteiger partial charge is 0.00461 e. The van der Waals surface area contributed by atoms with E-state index in [1.54, 1.807) is 5.56 Å². The van der Waals surface area contributed by atoms with Gasteiger partial charge in [-0.2, -0.15) is 0 Å². The molecule has 2 rings (SSSR count). The lowest BCUT2D eigenvalue weighted by Crippen LogP contribution is -2.20. The molecular formula is C16H25N. The fourth-order valence-corrected chi connectivity index (χ4v) is 3.49. The average molecular weight is 231 g/mol. The van der Waals surface area contributed by atoms with Crippen molar-refractivity contribution in [3.8, 4) is 0 Å². The minimum Gasteiger partial charge on any atom is -0.330 e. The van der Waals surface area contributed by atoms with Gasteiger partial charge in [0.25, 0.3) is 0 Å². The van der Waals surface area contributed by atoms with Crippen LogP contribution in [0.25, 0.3) is 0 Å². The Morgan fingerprint density at radius 3 is 2.24 bits per heavy atom. The molecule has 0 amide bonds. The third-order valence-electron chi connectivity index (χ3n) is 4.43. The minimum atomic E-state index is 0.759. The molecule has 1 saturated carbocycles. The molecule has 1 aromatic rings. The number of aryl methyl sites for hydroxylation is 3. The van der Waals surface area contributed by atoms with Crippen LogP contribution in [0, 0.1) is 32.6 Å². The van der Waals surface area contributed by atoms with E-state index in [2.05, 4.69) is 32.9 Å². The standard InChI is InChI=1S/C16H25N/c1-11-7-12(2)16(13(3)8-11)9-14-5-4-6-15(14)10-17/h7-8,14-15H,4-6,9-10,17H2,1-3H3. The summed E-state index contributed by atoms with van der Waals surface area (Å²) in [6.07, 6.45) is 5.32. The molecule has 1 aliphatic carbocycles. The Morgan fingerprint density at radius 2 is 1.65 bits per heavy atom. The molecule has 0 bridgehead atoms. The van der Waals surface area contributed by atoms with Gasteiger partial charge in [-0.05, 0) is 75.1 Å². The second-order valence-electron chi connectivity index (χ2n) is 5.77. The van der Waals surface area contributed by atoms with Gasteiger partial charge in [0.05, 0.1) is 0 Å². The van der Waals surface area contributed by atoms with E-state index in [1.807, 2.05) is 0 Å². The lowest BCUT2D eigenvalue weighted by Gasteiger charge is -2.20. The van der Waals surface area contributed by atoms with E-state index in [9.17, 15) is 0 Å². The van der Waals surface area contributed by atoms with Crippen LogP contribution < -0.4 is 5.73 Å². The maximum absolute atomic E-state index is 5.88. The van der Waals surface area contributed by atoms with Crippen LogP contribution in [0.2, 0.25) is 0 Å². The van der Waals surface area contributed by atoms with E-state index in [0.717, 1.165) is 18.4 Å². The molecule has 0 saturated heterocycles. The van der Waals surface area contributed by atoms with Crippen LogP contribution in [0.15, 0.2) is 12.1 Å². The van der Waals surface area contributed by atoms with Crippen LogP contribution in [0.1, 0.15) is 41.5 Å². The fourth-order valence-electron chi connectivity index (χ4n) is 3.49. The van der Waals surface area contributed by atoms with Crippen molar-refractivity contribution in [2.45, 2.75) is 46.5 Å². The number of hydrogen-bond acceptors (Lipinski definition) is 1. The zero-order valence-corrected chi connectivity index (χ0v) is 11.4. The summed E-state index contributed by atoms with van der Waals surface area (Å²) in [5.74, 6) is 1.58. The minimum absolute atomic E-state index is 0.759. The molecule has 2 atom stereocenters. The molecule has 1 fully saturated rings. The summed E-state index contributed by atoms with van der Waals surface area (Å²) < 4.78 is 0. The van der Waals surface area contributed by atoms with Crippen molar-refractivity contribution < 1.29 is 0 Å². The molecule has 2 N–H and O–H groups in total. The lowest BCUT2D eigenvalue weighted by atomic mass is 9.86. The Kier molecular flexibility index (Phi) is 3.88. The van der Waals surface area contributed by atoms with Crippen LogP contribution >= 0.6 is 0 Å². The third-order valence-corrected chi connectivity index (χ3v) is 4.43. The summed E-state index contributed by atoms with van der Waals surface area (Å²) in [5.41, 5.74) is 11.8. The Bertz CT molecular complexity index is 372. The third kappa shape index (κ3) is 2.71. The second-order valence-corrected chi connectivity index (χ2v) is 5.77. The van der Waals surface area contributed by atoms with Gasteiger partial charge >= 0.3 is 0 Å². The molecule has 0 aliphatic heterocycles. The van der Waals surface area contributed by atoms with Gasteiger partial charge in [-0.1, -0.05) is 24.1 Å². The molecule has 17 heavy (non-hydrogen) atoms. The van der Waals surface area contributed by atoms with E-state index in [0.29, 0.717) is 0 Å². The van der Waals surface area contributed by atoms with Crippen LogP contribution in [0.4, 0.5) is 0 Å². The largest absolute Gasteiger partial charge is 0.330 e. The zero-order chi connectivity index (χ0) is 12.4. The van der Waals surface area contributed by atoms with Gasteiger partial charge in [0.2, 0.25) is 0 Å². The van der Waals surface area contributed by atoms with Crippen molar-refractivity contribution in [1.82, 2.24) is 0 Å². The van der Waals surface area contributed by atoms with Crippen molar-refractivity contribution in [2.24, 2.45) is 17.6 Å². The number of rotatable bonds is 3. The van der Waals surface area contributed by atoms with Crippen molar-refractivity contribution >= 4 is 0 Å². The van der Waals surface area contributed by atoms with Crippen molar-refractivity contribution in [1.29, 1.82) is 0 Å². The van der Waals surface area contributed by atoms with Gasteiger partial charge in [0, 0.05) is 0 Å². The molecule has 2 unspecified atom stereocenters. The van der Waals surface area contributed by atoms with E-state index in [-0.39, 0.29) is 0 Å². The Hall–Kier alpha value is -0.820. The van der Waals surface area contributed by atoms with Crippen LogP contribution in [-0.2, 0) is 6.42 Å². The van der Waals surface area contributed by atoms with Gasteiger partial charge in [-0.25, -0.2) is 0 Å². The molecule has 0 heterocycles. The second kappa shape index (κ2) is 5.22. The summed E-state index contributed by atoms with van der Waals surface area (Å²) in [6, 6.07) is 4.63. The van der Waals surface area contributed by atoms with Gasteiger partial charge in [0.15, 0.2) is 0 Å². The highest BCUT2D eigenvalue weighted by Crippen LogP contribution is 2.34. The van der Waals surface area contributed by atoms with Crippen molar-refractivity contribution in [3.05, 3.63) is 34.4 Å². The molecule has 1 nitrogen and oxygen atoms in total. The fraction of sp³-hybridized carbons (Fsp3) is 0.625. The predicted molar refractivity (Wildman–Crippen MR) is 74.2 cm³/mol. The zero-order valence-electron chi connectivity index (χ0n) is 11.4. The Labute approximate surface area is 105 Å². The molecule has 1 aliphatic rings. The Morgan fingerprint density at radius 1 is 1.06 bits per heavy atom. The van der Waals surface area contributed by atoms with Gasteiger partial charge in [-0.15, -0.1) is 0 Å². The van der Waals surface area contributed by atoms with Gasteiger partial charge in [-0.3, -0.25) is 0 Å². The molecule has 94 valence electrons. The lowest BCUT2D eigenvalue weighted by molar-refractivity contribution is 0.393. The highest BCUT2D eigenvalue weighted by molar-refractivity contribution is 5.37. The molecule has 0 spiro atoms. The molecule has 1 heteroatoms. The van der Waals surface area contributed by atoms with E-state index < -0.39 is 0 Å². The highest BCUT2D eigenvalue weighted by Gasteiger charge is 2.26. The molecule has 0 aromatic heterocycles. The first kappa shape index (κ1) is 12.6. The van der Waals surface area contributed by atoms with Crippen LogP contribution in [0.3, 0.4) is 0 Å². The Balaban J connectivity index is 2.18. The number of hydrogen-bond donors (Lipinski definition) is 1. The predicted octanol–water partition coefficient (Wildman–Crippen LogP) is 3.53. The van der Waals surface area contributed by atoms with Crippen molar-refractivity contribution in [2.75, 3.05) is 6.54 Å². The first-order valence-electron chi connectivity index (χ1n) is 6.88. The molecule has 1 aromatic carbocycles. The first-order valence-corrected chi connectivity index (χ1v) is 6.88. The van der Waals surface area contributed by atoms with E-state index in [4.69, 9.17) is 5.73 Å².